The zero-order valence-electron chi connectivity index (χ0n) is 10.3. The Morgan fingerprint density at radius 1 is 1.05 bits per heavy atom. The molecule has 106 valence electrons. The quantitative estimate of drug-likeness (QED) is 0.672. The fraction of sp³-hybridized carbons (Fsp3) is 0.143. The summed E-state index contributed by atoms with van der Waals surface area (Å²) in [6.07, 6.45) is -0.891. The summed E-state index contributed by atoms with van der Waals surface area (Å²) in [6, 6.07) is 8.75. The Bertz CT molecular complexity index is 647. The van der Waals surface area contributed by atoms with Gasteiger partial charge in [0.1, 0.15) is 11.9 Å². The van der Waals surface area contributed by atoms with E-state index in [2.05, 4.69) is 31.9 Å². The maximum absolute atomic E-state index is 10.5. The van der Waals surface area contributed by atoms with E-state index in [1.54, 1.807) is 12.1 Å². The molecule has 2 aromatic rings. The zero-order chi connectivity index (χ0) is 14.9. The van der Waals surface area contributed by atoms with Crippen LogP contribution in [-0.4, -0.2) is 12.2 Å². The third kappa shape index (κ3) is 3.31. The molecular formula is C14H10Br2Cl2O2. The van der Waals surface area contributed by atoms with Crippen molar-refractivity contribution in [1.29, 1.82) is 0 Å². The van der Waals surface area contributed by atoms with Crippen molar-refractivity contribution in [3.63, 3.8) is 0 Å². The lowest BCUT2D eigenvalue weighted by Crippen LogP contribution is -2.02. The van der Waals surface area contributed by atoms with Crippen molar-refractivity contribution >= 4 is 55.1 Å². The number of aliphatic hydroxyl groups excluding tert-OH is 1. The molecule has 0 amide bonds. The van der Waals surface area contributed by atoms with E-state index in [1.165, 1.54) is 7.11 Å². The summed E-state index contributed by atoms with van der Waals surface area (Å²) in [5.74, 6) is 0.473. The number of benzene rings is 2. The van der Waals surface area contributed by atoms with Crippen LogP contribution in [0.25, 0.3) is 0 Å². The summed E-state index contributed by atoms with van der Waals surface area (Å²) in [5.41, 5.74) is 1.22. The van der Waals surface area contributed by atoms with E-state index >= 15 is 0 Å². The molecule has 0 bridgehead atoms. The molecular weight excluding hydrogens is 431 g/mol. The minimum atomic E-state index is -0.891. The van der Waals surface area contributed by atoms with E-state index in [4.69, 9.17) is 27.9 Å². The predicted octanol–water partition coefficient (Wildman–Crippen LogP) is 5.61. The summed E-state index contributed by atoms with van der Waals surface area (Å²) >= 11 is 19.1. The Morgan fingerprint density at radius 3 is 2.40 bits per heavy atom. The van der Waals surface area contributed by atoms with Crippen LogP contribution in [0.4, 0.5) is 0 Å². The van der Waals surface area contributed by atoms with Crippen LogP contribution in [0.15, 0.2) is 39.3 Å². The molecule has 2 nitrogen and oxygen atoms in total. The second-order valence-electron chi connectivity index (χ2n) is 4.08. The number of hydrogen-bond acceptors (Lipinski definition) is 2. The molecule has 0 aliphatic carbocycles. The van der Waals surface area contributed by atoms with Gasteiger partial charge >= 0.3 is 0 Å². The standard InChI is InChI=1S/C14H10Br2Cl2O2/c1-20-13-6-11(17)9(5-12(13)18)14(19)8-4-7(15)2-3-10(8)16/h2-6,14,19H,1H3. The van der Waals surface area contributed by atoms with E-state index < -0.39 is 6.10 Å². The van der Waals surface area contributed by atoms with Crippen LogP contribution >= 0.6 is 55.1 Å². The summed E-state index contributed by atoms with van der Waals surface area (Å²) in [5, 5.41) is 11.3. The van der Waals surface area contributed by atoms with Crippen molar-refractivity contribution in [2.75, 3.05) is 7.11 Å². The minimum absolute atomic E-state index is 0.394. The maximum Gasteiger partial charge on any atom is 0.138 e. The van der Waals surface area contributed by atoms with Crippen LogP contribution in [0.5, 0.6) is 5.75 Å². The molecule has 6 heteroatoms. The van der Waals surface area contributed by atoms with Crippen LogP contribution in [0, 0.1) is 0 Å². The summed E-state index contributed by atoms with van der Waals surface area (Å²) < 4.78 is 6.75. The molecule has 20 heavy (non-hydrogen) atoms. The summed E-state index contributed by atoms with van der Waals surface area (Å²) in [4.78, 5) is 0. The molecule has 0 fully saturated rings. The SMILES string of the molecule is COc1cc(Cl)c(C(O)c2cc(Br)ccc2Br)cc1Cl. The lowest BCUT2D eigenvalue weighted by atomic mass is 10.0. The first-order valence-corrected chi connectivity index (χ1v) is 7.94. The molecule has 1 N–H and O–H groups in total. The second-order valence-corrected chi connectivity index (χ2v) is 6.66. The highest BCUT2D eigenvalue weighted by atomic mass is 79.9. The van der Waals surface area contributed by atoms with Crippen molar-refractivity contribution in [2.24, 2.45) is 0 Å². The number of methoxy groups -OCH3 is 1. The average Bonchev–Trinajstić information content (AvgIpc) is 2.42. The van der Waals surface area contributed by atoms with Crippen LogP contribution < -0.4 is 4.74 Å². The second kappa shape index (κ2) is 6.67. The zero-order valence-corrected chi connectivity index (χ0v) is 15.0. The van der Waals surface area contributed by atoms with Gasteiger partial charge < -0.3 is 9.84 Å². The van der Waals surface area contributed by atoms with Gasteiger partial charge in [-0.2, -0.15) is 0 Å². The largest absolute Gasteiger partial charge is 0.495 e. The summed E-state index contributed by atoms with van der Waals surface area (Å²) in [7, 11) is 1.51. The van der Waals surface area contributed by atoms with Gasteiger partial charge in [-0.25, -0.2) is 0 Å². The van der Waals surface area contributed by atoms with E-state index in [0.717, 1.165) is 8.95 Å². The molecule has 2 aromatic carbocycles. The third-order valence-electron chi connectivity index (χ3n) is 2.82. The van der Waals surface area contributed by atoms with Gasteiger partial charge in [0.05, 0.1) is 17.2 Å². The first kappa shape index (κ1) is 16.1. The van der Waals surface area contributed by atoms with Crippen LogP contribution in [-0.2, 0) is 0 Å². The van der Waals surface area contributed by atoms with Crippen LogP contribution in [0.1, 0.15) is 17.2 Å². The number of halogens is 4. The van der Waals surface area contributed by atoms with E-state index in [0.29, 0.717) is 26.9 Å². The van der Waals surface area contributed by atoms with E-state index in [9.17, 15) is 5.11 Å². The number of hydrogen-bond donors (Lipinski definition) is 1. The van der Waals surface area contributed by atoms with Gasteiger partial charge in [-0.1, -0.05) is 55.1 Å². The first-order valence-electron chi connectivity index (χ1n) is 5.60. The van der Waals surface area contributed by atoms with Crippen LogP contribution in [0.2, 0.25) is 10.0 Å². The van der Waals surface area contributed by atoms with Gasteiger partial charge in [-0.15, -0.1) is 0 Å². The van der Waals surface area contributed by atoms with Crippen molar-refractivity contribution < 1.29 is 9.84 Å². The van der Waals surface area contributed by atoms with Gasteiger partial charge in [-0.3, -0.25) is 0 Å². The number of aliphatic hydroxyl groups is 1. The average molecular weight is 441 g/mol. The van der Waals surface area contributed by atoms with Gasteiger partial charge in [0, 0.05) is 26.1 Å². The Kier molecular flexibility index (Phi) is 5.37. The molecule has 0 spiro atoms. The van der Waals surface area contributed by atoms with E-state index in [-0.39, 0.29) is 0 Å². The van der Waals surface area contributed by atoms with Crippen molar-refractivity contribution in [3.8, 4) is 5.75 Å². The highest BCUT2D eigenvalue weighted by Crippen LogP contribution is 2.38. The Labute approximate surface area is 143 Å². The van der Waals surface area contributed by atoms with Crippen molar-refractivity contribution in [2.45, 2.75) is 6.10 Å². The molecule has 0 radical (unpaired) electrons. The van der Waals surface area contributed by atoms with Gasteiger partial charge in [0.15, 0.2) is 0 Å². The fourth-order valence-electron chi connectivity index (χ4n) is 1.80. The molecule has 1 unspecified atom stereocenters. The Hall–Kier alpha value is -0.260. The van der Waals surface area contributed by atoms with Gasteiger partial charge in [0.2, 0.25) is 0 Å². The Morgan fingerprint density at radius 2 is 1.75 bits per heavy atom. The highest BCUT2D eigenvalue weighted by Gasteiger charge is 2.19. The van der Waals surface area contributed by atoms with Gasteiger partial charge in [-0.05, 0) is 24.3 Å². The molecule has 0 aliphatic rings. The molecule has 0 saturated heterocycles. The topological polar surface area (TPSA) is 29.5 Å². The lowest BCUT2D eigenvalue weighted by Gasteiger charge is -2.16. The van der Waals surface area contributed by atoms with Gasteiger partial charge in [0.25, 0.3) is 0 Å². The smallest absolute Gasteiger partial charge is 0.138 e. The molecule has 1 atom stereocenters. The number of ether oxygens (including phenoxy) is 1. The molecule has 2 rings (SSSR count). The predicted molar refractivity (Wildman–Crippen MR) is 88.9 cm³/mol. The molecule has 0 saturated carbocycles. The fourth-order valence-corrected chi connectivity index (χ4v) is 3.15. The first-order chi connectivity index (χ1) is 9.43. The van der Waals surface area contributed by atoms with Crippen LogP contribution in [0.3, 0.4) is 0 Å². The monoisotopic (exact) mass is 438 g/mol. The normalized spacial score (nSPS) is 12.3. The minimum Gasteiger partial charge on any atom is -0.495 e. The molecule has 0 aliphatic heterocycles. The van der Waals surface area contributed by atoms with Crippen molar-refractivity contribution in [3.05, 3.63) is 60.4 Å². The number of rotatable bonds is 3. The molecule has 0 aromatic heterocycles. The summed E-state index contributed by atoms with van der Waals surface area (Å²) in [6.45, 7) is 0. The Balaban J connectivity index is 2.50. The maximum atomic E-state index is 10.5. The van der Waals surface area contributed by atoms with E-state index in [1.807, 2.05) is 18.2 Å². The lowest BCUT2D eigenvalue weighted by molar-refractivity contribution is 0.219. The highest BCUT2D eigenvalue weighted by molar-refractivity contribution is 9.11. The van der Waals surface area contributed by atoms with Crippen molar-refractivity contribution in [1.82, 2.24) is 0 Å². The molecule has 0 heterocycles. The third-order valence-corrected chi connectivity index (χ3v) is 4.66.